The average molecular weight is 231 g/mol. The first-order valence-corrected chi connectivity index (χ1v) is 5.94. The van der Waals surface area contributed by atoms with E-state index in [0.717, 1.165) is 15.5 Å². The summed E-state index contributed by atoms with van der Waals surface area (Å²) in [5.74, 6) is 0. The van der Waals surface area contributed by atoms with Gasteiger partial charge in [-0.25, -0.2) is 4.98 Å². The van der Waals surface area contributed by atoms with Crippen LogP contribution >= 0.6 is 11.8 Å². The van der Waals surface area contributed by atoms with E-state index in [1.54, 1.807) is 24.9 Å². The van der Waals surface area contributed by atoms with Gasteiger partial charge in [-0.3, -0.25) is 0 Å². The lowest BCUT2D eigenvalue weighted by atomic mass is 10.2. The van der Waals surface area contributed by atoms with E-state index in [4.69, 9.17) is 0 Å². The van der Waals surface area contributed by atoms with Crippen molar-refractivity contribution < 1.29 is 5.11 Å². The van der Waals surface area contributed by atoms with Crippen molar-refractivity contribution in [1.82, 2.24) is 4.98 Å². The molecule has 1 aromatic carbocycles. The van der Waals surface area contributed by atoms with Crippen molar-refractivity contribution in [1.29, 1.82) is 0 Å². The van der Waals surface area contributed by atoms with Crippen LogP contribution in [-0.4, -0.2) is 10.1 Å². The normalized spacial score (nSPS) is 12.4. The van der Waals surface area contributed by atoms with Gasteiger partial charge >= 0.3 is 0 Å². The molecule has 82 valence electrons. The molecule has 0 saturated carbocycles. The highest BCUT2D eigenvalue weighted by Crippen LogP contribution is 2.27. The van der Waals surface area contributed by atoms with Crippen LogP contribution in [0.2, 0.25) is 0 Å². The van der Waals surface area contributed by atoms with Crippen molar-refractivity contribution in [2.45, 2.75) is 22.9 Å². The van der Waals surface area contributed by atoms with E-state index >= 15 is 0 Å². The smallest absolute Gasteiger partial charge is 0.101 e. The molecule has 0 spiro atoms. The summed E-state index contributed by atoms with van der Waals surface area (Å²) in [5.41, 5.74) is 0.897. The number of benzene rings is 1. The molecular formula is C13H13NOS. The summed E-state index contributed by atoms with van der Waals surface area (Å²) in [5, 5.41) is 10.4. The number of aromatic nitrogens is 1. The molecule has 0 radical (unpaired) electrons. The van der Waals surface area contributed by atoms with Crippen LogP contribution in [0.5, 0.6) is 0 Å². The summed E-state index contributed by atoms with van der Waals surface area (Å²) in [6, 6.07) is 13.8. The van der Waals surface area contributed by atoms with Crippen LogP contribution in [0.3, 0.4) is 0 Å². The zero-order chi connectivity index (χ0) is 11.4. The quantitative estimate of drug-likeness (QED) is 0.880. The van der Waals surface area contributed by atoms with E-state index < -0.39 is 6.10 Å². The van der Waals surface area contributed by atoms with Gasteiger partial charge in [0.15, 0.2) is 0 Å². The molecule has 1 N–H and O–H groups in total. The van der Waals surface area contributed by atoms with Crippen molar-refractivity contribution in [3.8, 4) is 0 Å². The first-order valence-electron chi connectivity index (χ1n) is 5.12. The van der Waals surface area contributed by atoms with Crippen molar-refractivity contribution in [3.63, 3.8) is 0 Å². The third-order valence-electron chi connectivity index (χ3n) is 2.21. The van der Waals surface area contributed by atoms with Gasteiger partial charge in [0.25, 0.3) is 0 Å². The van der Waals surface area contributed by atoms with Crippen LogP contribution in [0, 0.1) is 0 Å². The molecule has 1 heterocycles. The fourth-order valence-electron chi connectivity index (χ4n) is 1.35. The minimum atomic E-state index is -0.446. The lowest BCUT2D eigenvalue weighted by Crippen LogP contribution is -1.92. The third kappa shape index (κ3) is 2.84. The van der Waals surface area contributed by atoms with Gasteiger partial charge in [-0.2, -0.15) is 0 Å². The average Bonchev–Trinajstić information content (AvgIpc) is 2.30. The van der Waals surface area contributed by atoms with Gasteiger partial charge in [0.05, 0.1) is 6.10 Å². The Morgan fingerprint density at radius 3 is 2.62 bits per heavy atom. The summed E-state index contributed by atoms with van der Waals surface area (Å²) in [7, 11) is 0. The van der Waals surface area contributed by atoms with Crippen molar-refractivity contribution in [2.75, 3.05) is 0 Å². The zero-order valence-corrected chi connectivity index (χ0v) is 9.82. The standard InChI is InChI=1S/C13H13NOS/c1-10(15)11-7-8-14-13(9-11)16-12-5-3-2-4-6-12/h2-10,15H,1H3. The molecule has 0 amide bonds. The number of rotatable bonds is 3. The Kier molecular flexibility index (Phi) is 3.59. The Morgan fingerprint density at radius 2 is 1.94 bits per heavy atom. The molecule has 1 atom stereocenters. The summed E-state index contributed by atoms with van der Waals surface area (Å²) in [4.78, 5) is 5.42. The highest BCUT2D eigenvalue weighted by Gasteiger charge is 2.03. The first kappa shape index (κ1) is 11.2. The number of aliphatic hydroxyl groups excluding tert-OH is 1. The molecule has 2 aromatic rings. The molecule has 0 aliphatic heterocycles. The summed E-state index contributed by atoms with van der Waals surface area (Å²) in [6.45, 7) is 1.76. The molecular weight excluding hydrogens is 218 g/mol. The Labute approximate surface area is 99.4 Å². The second kappa shape index (κ2) is 5.14. The predicted molar refractivity (Wildman–Crippen MR) is 65.4 cm³/mol. The van der Waals surface area contributed by atoms with Gasteiger partial charge in [-0.15, -0.1) is 0 Å². The van der Waals surface area contributed by atoms with Gasteiger partial charge in [-0.1, -0.05) is 30.0 Å². The van der Waals surface area contributed by atoms with Gasteiger partial charge in [0, 0.05) is 11.1 Å². The van der Waals surface area contributed by atoms with Gasteiger partial charge in [0.2, 0.25) is 0 Å². The Bertz CT molecular complexity index is 456. The van der Waals surface area contributed by atoms with Crippen LogP contribution < -0.4 is 0 Å². The number of hydrogen-bond donors (Lipinski definition) is 1. The maximum Gasteiger partial charge on any atom is 0.101 e. The highest BCUT2D eigenvalue weighted by molar-refractivity contribution is 7.99. The van der Waals surface area contributed by atoms with Crippen molar-refractivity contribution >= 4 is 11.8 Å². The van der Waals surface area contributed by atoms with Crippen LogP contribution in [0.1, 0.15) is 18.6 Å². The molecule has 16 heavy (non-hydrogen) atoms. The fourth-order valence-corrected chi connectivity index (χ4v) is 2.19. The minimum Gasteiger partial charge on any atom is -0.389 e. The van der Waals surface area contributed by atoms with Crippen molar-refractivity contribution in [2.24, 2.45) is 0 Å². The molecule has 0 saturated heterocycles. The molecule has 1 unspecified atom stereocenters. The molecule has 0 aliphatic rings. The topological polar surface area (TPSA) is 33.1 Å². The molecule has 2 rings (SSSR count). The second-order valence-electron chi connectivity index (χ2n) is 3.52. The van der Waals surface area contributed by atoms with E-state index in [2.05, 4.69) is 4.98 Å². The second-order valence-corrected chi connectivity index (χ2v) is 4.61. The molecule has 1 aromatic heterocycles. The highest BCUT2D eigenvalue weighted by atomic mass is 32.2. The van der Waals surface area contributed by atoms with E-state index in [0.29, 0.717) is 0 Å². The van der Waals surface area contributed by atoms with Crippen LogP contribution in [0.25, 0.3) is 0 Å². The predicted octanol–water partition coefficient (Wildman–Crippen LogP) is 3.29. The number of hydrogen-bond acceptors (Lipinski definition) is 3. The fraction of sp³-hybridized carbons (Fsp3) is 0.154. The Hall–Kier alpha value is -1.32. The number of aliphatic hydroxyl groups is 1. The maximum atomic E-state index is 9.48. The Morgan fingerprint density at radius 1 is 1.19 bits per heavy atom. The van der Waals surface area contributed by atoms with E-state index in [1.807, 2.05) is 42.5 Å². The lowest BCUT2D eigenvalue weighted by Gasteiger charge is -2.06. The van der Waals surface area contributed by atoms with Crippen LogP contribution in [0.4, 0.5) is 0 Å². The van der Waals surface area contributed by atoms with Crippen LogP contribution in [0.15, 0.2) is 58.6 Å². The summed E-state index contributed by atoms with van der Waals surface area (Å²) in [6.07, 6.45) is 1.28. The maximum absolute atomic E-state index is 9.48. The van der Waals surface area contributed by atoms with E-state index in [-0.39, 0.29) is 0 Å². The van der Waals surface area contributed by atoms with E-state index in [9.17, 15) is 5.11 Å². The summed E-state index contributed by atoms with van der Waals surface area (Å²) < 4.78 is 0. The molecule has 0 bridgehead atoms. The Balaban J connectivity index is 2.19. The van der Waals surface area contributed by atoms with Gasteiger partial charge in [-0.05, 0) is 36.8 Å². The minimum absolute atomic E-state index is 0.446. The van der Waals surface area contributed by atoms with Gasteiger partial charge < -0.3 is 5.11 Å². The molecule has 3 heteroatoms. The third-order valence-corrected chi connectivity index (χ3v) is 3.15. The largest absolute Gasteiger partial charge is 0.389 e. The van der Waals surface area contributed by atoms with Crippen LogP contribution in [-0.2, 0) is 0 Å². The molecule has 0 aliphatic carbocycles. The number of nitrogens with zero attached hydrogens (tertiary/aromatic N) is 1. The SMILES string of the molecule is CC(O)c1ccnc(Sc2ccccc2)c1. The summed E-state index contributed by atoms with van der Waals surface area (Å²) >= 11 is 1.60. The zero-order valence-electron chi connectivity index (χ0n) is 9.00. The first-order chi connectivity index (χ1) is 7.75. The molecule has 0 fully saturated rings. The monoisotopic (exact) mass is 231 g/mol. The lowest BCUT2D eigenvalue weighted by molar-refractivity contribution is 0.199. The van der Waals surface area contributed by atoms with Gasteiger partial charge in [0.1, 0.15) is 5.03 Å². The van der Waals surface area contributed by atoms with Crippen molar-refractivity contribution in [3.05, 3.63) is 54.2 Å². The van der Waals surface area contributed by atoms with E-state index in [1.165, 1.54) is 0 Å². The number of pyridine rings is 1. The molecule has 2 nitrogen and oxygen atoms in total.